The number of hydrogen-bond donors (Lipinski definition) is 1. The average Bonchev–Trinajstić information content (AvgIpc) is 3.13. The number of benzene rings is 1. The first kappa shape index (κ1) is 14.5. The second kappa shape index (κ2) is 5.76. The molecule has 1 aliphatic rings. The summed E-state index contributed by atoms with van der Waals surface area (Å²) in [6.45, 7) is 0.156. The number of nitrogens with zero attached hydrogens (tertiary/aromatic N) is 2. The van der Waals surface area contributed by atoms with Gasteiger partial charge in [-0.25, -0.2) is 4.39 Å². The number of rotatable bonds is 3. The highest BCUT2D eigenvalue weighted by molar-refractivity contribution is 5.92. The molecule has 1 fully saturated rings. The van der Waals surface area contributed by atoms with Crippen molar-refractivity contribution in [3.63, 3.8) is 0 Å². The number of aliphatic hydroxyl groups is 1. The molecule has 0 radical (unpaired) electrons. The lowest BCUT2D eigenvalue weighted by molar-refractivity contribution is 0.0673. The van der Waals surface area contributed by atoms with E-state index in [-0.39, 0.29) is 24.0 Å². The summed E-state index contributed by atoms with van der Waals surface area (Å²) in [7, 11) is 1.42. The van der Waals surface area contributed by atoms with Crippen LogP contribution in [0.15, 0.2) is 34.9 Å². The van der Waals surface area contributed by atoms with Gasteiger partial charge in [0.1, 0.15) is 5.82 Å². The van der Waals surface area contributed by atoms with Crippen molar-refractivity contribution in [3.05, 3.63) is 47.5 Å². The minimum atomic E-state index is -0.665. The molecule has 2 atom stereocenters. The number of β-amino-alcohol motifs (C(OH)–C–C–N with tert-alkyl or cyclic N) is 1. The number of amides is 1. The number of likely N-dealkylation sites (tertiary alicyclic amines) is 1. The molecule has 0 bridgehead atoms. The standard InChI is InChI=1S/C15H15FN2O4/c1-21-14-7-13(22-17-14)15(20)18-8-11(19)6-12(18)9-3-2-4-10(16)5-9/h2-5,7,11-12,19H,6,8H2,1H3/t11-,12-/m0/s1. The molecule has 0 unspecified atom stereocenters. The second-order valence-electron chi connectivity index (χ2n) is 5.15. The zero-order valence-electron chi connectivity index (χ0n) is 11.9. The van der Waals surface area contributed by atoms with Crippen LogP contribution in [-0.2, 0) is 0 Å². The number of methoxy groups -OCH3 is 1. The number of aliphatic hydroxyl groups excluding tert-OH is 1. The largest absolute Gasteiger partial charge is 0.479 e. The molecule has 1 N–H and O–H groups in total. The first-order valence-electron chi connectivity index (χ1n) is 6.83. The second-order valence-corrected chi connectivity index (χ2v) is 5.15. The van der Waals surface area contributed by atoms with E-state index in [1.54, 1.807) is 12.1 Å². The molecule has 2 aromatic rings. The van der Waals surface area contributed by atoms with Crippen molar-refractivity contribution in [1.82, 2.24) is 10.1 Å². The molecular weight excluding hydrogens is 291 g/mol. The van der Waals surface area contributed by atoms with Crippen molar-refractivity contribution < 1.29 is 23.6 Å². The lowest BCUT2D eigenvalue weighted by Gasteiger charge is -2.23. The Balaban J connectivity index is 1.88. The Kier molecular flexibility index (Phi) is 3.81. The molecule has 116 valence electrons. The molecule has 1 aromatic carbocycles. The normalized spacial score (nSPS) is 21.1. The Morgan fingerprint density at radius 3 is 3.00 bits per heavy atom. The first-order chi connectivity index (χ1) is 10.6. The van der Waals surface area contributed by atoms with Crippen LogP contribution in [0.5, 0.6) is 5.88 Å². The zero-order chi connectivity index (χ0) is 15.7. The van der Waals surface area contributed by atoms with Crippen molar-refractivity contribution in [1.29, 1.82) is 0 Å². The van der Waals surface area contributed by atoms with E-state index in [0.29, 0.717) is 12.0 Å². The summed E-state index contributed by atoms with van der Waals surface area (Å²) in [5.74, 6) is -0.577. The average molecular weight is 306 g/mol. The highest BCUT2D eigenvalue weighted by Crippen LogP contribution is 2.34. The van der Waals surface area contributed by atoms with Crippen LogP contribution in [0.3, 0.4) is 0 Å². The van der Waals surface area contributed by atoms with Crippen molar-refractivity contribution in [3.8, 4) is 5.88 Å². The Labute approximate surface area is 126 Å². The maximum absolute atomic E-state index is 13.4. The van der Waals surface area contributed by atoms with Crippen LogP contribution in [0.1, 0.15) is 28.6 Å². The van der Waals surface area contributed by atoms with E-state index in [4.69, 9.17) is 9.26 Å². The molecule has 1 saturated heterocycles. The fraction of sp³-hybridized carbons (Fsp3) is 0.333. The Hall–Kier alpha value is -2.41. The molecule has 3 rings (SSSR count). The molecule has 6 nitrogen and oxygen atoms in total. The maximum atomic E-state index is 13.4. The molecule has 2 heterocycles. The van der Waals surface area contributed by atoms with Gasteiger partial charge in [0.05, 0.1) is 25.3 Å². The molecule has 1 amide bonds. The van der Waals surface area contributed by atoms with Gasteiger partial charge in [-0.3, -0.25) is 4.79 Å². The van der Waals surface area contributed by atoms with Gasteiger partial charge in [0, 0.05) is 6.54 Å². The van der Waals surface area contributed by atoms with Gasteiger partial charge in [0.15, 0.2) is 0 Å². The van der Waals surface area contributed by atoms with Gasteiger partial charge in [0.25, 0.3) is 11.8 Å². The van der Waals surface area contributed by atoms with E-state index < -0.39 is 18.1 Å². The van der Waals surface area contributed by atoms with Gasteiger partial charge >= 0.3 is 0 Å². The summed E-state index contributed by atoms with van der Waals surface area (Å²) in [6, 6.07) is 6.99. The lowest BCUT2D eigenvalue weighted by Crippen LogP contribution is -2.31. The number of hydrogen-bond acceptors (Lipinski definition) is 5. The number of ether oxygens (including phenoxy) is 1. The number of carbonyl (C=O) groups excluding carboxylic acids is 1. The van der Waals surface area contributed by atoms with Crippen molar-refractivity contribution >= 4 is 5.91 Å². The highest BCUT2D eigenvalue weighted by atomic mass is 19.1. The van der Waals surface area contributed by atoms with Crippen molar-refractivity contribution in [2.45, 2.75) is 18.6 Å². The van der Waals surface area contributed by atoms with Crippen molar-refractivity contribution in [2.75, 3.05) is 13.7 Å². The highest BCUT2D eigenvalue weighted by Gasteiger charge is 2.37. The van der Waals surface area contributed by atoms with Crippen LogP contribution >= 0.6 is 0 Å². The molecule has 7 heteroatoms. The van der Waals surface area contributed by atoms with Crippen LogP contribution in [-0.4, -0.2) is 40.8 Å². The molecular formula is C15H15FN2O4. The monoisotopic (exact) mass is 306 g/mol. The van der Waals surface area contributed by atoms with Crippen LogP contribution in [0.25, 0.3) is 0 Å². The summed E-state index contributed by atoms with van der Waals surface area (Å²) in [4.78, 5) is 14.0. The number of aromatic nitrogens is 1. The molecule has 0 spiro atoms. The fourth-order valence-corrected chi connectivity index (χ4v) is 2.67. The molecule has 1 aliphatic heterocycles. The number of carbonyl (C=O) groups is 1. The van der Waals surface area contributed by atoms with Gasteiger partial charge in [-0.1, -0.05) is 12.1 Å². The van der Waals surface area contributed by atoms with Crippen LogP contribution in [0.2, 0.25) is 0 Å². The summed E-state index contributed by atoms with van der Waals surface area (Å²) in [6.07, 6.45) is -0.317. The quantitative estimate of drug-likeness (QED) is 0.935. The summed E-state index contributed by atoms with van der Waals surface area (Å²) < 4.78 is 23.2. The predicted molar refractivity (Wildman–Crippen MR) is 73.9 cm³/mol. The minimum Gasteiger partial charge on any atom is -0.479 e. The third-order valence-corrected chi connectivity index (χ3v) is 3.68. The molecule has 0 aliphatic carbocycles. The van der Waals surface area contributed by atoms with Gasteiger partial charge in [0.2, 0.25) is 5.76 Å². The Morgan fingerprint density at radius 1 is 1.50 bits per heavy atom. The lowest BCUT2D eigenvalue weighted by atomic mass is 10.0. The van der Waals surface area contributed by atoms with Crippen LogP contribution in [0, 0.1) is 5.82 Å². The van der Waals surface area contributed by atoms with E-state index in [1.165, 1.54) is 30.2 Å². The van der Waals surface area contributed by atoms with Crippen LogP contribution < -0.4 is 4.74 Å². The Bertz CT molecular complexity index is 688. The van der Waals surface area contributed by atoms with E-state index in [0.717, 1.165) is 0 Å². The third kappa shape index (κ3) is 2.67. The Morgan fingerprint density at radius 2 is 2.32 bits per heavy atom. The smallest absolute Gasteiger partial charge is 0.293 e. The predicted octanol–water partition coefficient (Wildman–Crippen LogP) is 1.77. The van der Waals surface area contributed by atoms with Gasteiger partial charge in [-0.05, 0) is 29.3 Å². The van der Waals surface area contributed by atoms with Crippen molar-refractivity contribution in [2.24, 2.45) is 0 Å². The first-order valence-corrected chi connectivity index (χ1v) is 6.83. The summed E-state index contributed by atoms with van der Waals surface area (Å²) >= 11 is 0. The van der Waals surface area contributed by atoms with E-state index in [2.05, 4.69) is 5.16 Å². The number of halogens is 1. The maximum Gasteiger partial charge on any atom is 0.293 e. The SMILES string of the molecule is COc1cc(C(=O)N2C[C@@H](O)C[C@H]2c2cccc(F)c2)on1. The fourth-order valence-electron chi connectivity index (χ4n) is 2.67. The third-order valence-electron chi connectivity index (χ3n) is 3.68. The molecule has 22 heavy (non-hydrogen) atoms. The minimum absolute atomic E-state index is 0.0207. The van der Waals surface area contributed by atoms with Crippen LogP contribution in [0.4, 0.5) is 4.39 Å². The molecule has 0 saturated carbocycles. The van der Waals surface area contributed by atoms with Gasteiger partial charge in [-0.2, -0.15) is 0 Å². The van der Waals surface area contributed by atoms with Gasteiger partial charge in [-0.15, -0.1) is 0 Å². The summed E-state index contributed by atoms with van der Waals surface area (Å²) in [5.41, 5.74) is 0.636. The molecule has 1 aromatic heterocycles. The van der Waals surface area contributed by atoms with E-state index in [9.17, 15) is 14.3 Å². The van der Waals surface area contributed by atoms with Gasteiger partial charge < -0.3 is 19.3 Å². The van der Waals surface area contributed by atoms with E-state index >= 15 is 0 Å². The van der Waals surface area contributed by atoms with E-state index in [1.807, 2.05) is 0 Å². The topological polar surface area (TPSA) is 75.8 Å². The zero-order valence-corrected chi connectivity index (χ0v) is 11.9. The summed E-state index contributed by atoms with van der Waals surface area (Å²) in [5, 5.41) is 13.5.